The summed E-state index contributed by atoms with van der Waals surface area (Å²) in [6, 6.07) is 6.07. The number of aliphatic hydroxyl groups excluding tert-OH is 1. The molecule has 0 amide bonds. The predicted molar refractivity (Wildman–Crippen MR) is 71.7 cm³/mol. The molecule has 2 N–H and O–H groups in total. The second-order valence-electron chi connectivity index (χ2n) is 4.28. The van der Waals surface area contributed by atoms with Crippen molar-refractivity contribution in [3.8, 4) is 0 Å². The van der Waals surface area contributed by atoms with Crippen LogP contribution >= 0.6 is 0 Å². The van der Waals surface area contributed by atoms with Crippen molar-refractivity contribution in [2.75, 3.05) is 19.4 Å². The predicted octanol–water partition coefficient (Wildman–Crippen LogP) is 1.38. The highest BCUT2D eigenvalue weighted by Crippen LogP contribution is 2.15. The average molecular weight is 255 g/mol. The van der Waals surface area contributed by atoms with E-state index in [-0.39, 0.29) is 12.6 Å². The average Bonchev–Trinajstić information content (AvgIpc) is 2.28. The molecule has 4 heteroatoms. The number of hydrogen-bond acceptors (Lipinski definition) is 3. The maximum atomic E-state index is 12.2. The molecule has 0 saturated heterocycles. The summed E-state index contributed by atoms with van der Waals surface area (Å²) in [5, 5.41) is 12.0. The van der Waals surface area contributed by atoms with Crippen molar-refractivity contribution >= 4 is 10.8 Å². The van der Waals surface area contributed by atoms with Crippen LogP contribution in [-0.2, 0) is 10.8 Å². The molecule has 17 heavy (non-hydrogen) atoms. The van der Waals surface area contributed by atoms with Crippen LogP contribution < -0.4 is 5.32 Å². The lowest BCUT2D eigenvalue weighted by molar-refractivity contribution is 0.272. The number of rotatable bonds is 6. The maximum absolute atomic E-state index is 12.2. The van der Waals surface area contributed by atoms with E-state index >= 15 is 0 Å². The summed E-state index contributed by atoms with van der Waals surface area (Å²) in [6.45, 7) is 4.14. The summed E-state index contributed by atoms with van der Waals surface area (Å²) in [6.07, 6.45) is 0.632. The molecule has 0 spiro atoms. The third kappa shape index (κ3) is 4.22. The van der Waals surface area contributed by atoms with Crippen LogP contribution in [0.4, 0.5) is 0 Å². The highest BCUT2D eigenvalue weighted by atomic mass is 32.2. The molecule has 96 valence electrons. The molecule has 2 atom stereocenters. The zero-order chi connectivity index (χ0) is 12.8. The molecular weight excluding hydrogens is 234 g/mol. The number of benzene rings is 1. The van der Waals surface area contributed by atoms with E-state index in [0.717, 1.165) is 10.5 Å². The Labute approximate surface area is 106 Å². The molecule has 0 heterocycles. The van der Waals surface area contributed by atoms with Gasteiger partial charge in [0.05, 0.1) is 10.8 Å². The minimum absolute atomic E-state index is 0.0986. The van der Waals surface area contributed by atoms with Gasteiger partial charge < -0.3 is 10.4 Å². The fourth-order valence-electron chi connectivity index (χ4n) is 1.79. The van der Waals surface area contributed by atoms with Gasteiger partial charge in [0.25, 0.3) is 0 Å². The van der Waals surface area contributed by atoms with E-state index in [1.807, 2.05) is 39.1 Å². The van der Waals surface area contributed by atoms with Crippen molar-refractivity contribution in [1.29, 1.82) is 0 Å². The quantitative estimate of drug-likeness (QED) is 0.807. The Bertz CT molecular complexity index is 393. The van der Waals surface area contributed by atoms with Crippen LogP contribution in [-0.4, -0.2) is 34.8 Å². The highest BCUT2D eigenvalue weighted by Gasteiger charge is 2.13. The molecule has 1 rings (SSSR count). The van der Waals surface area contributed by atoms with Crippen LogP contribution in [0.25, 0.3) is 0 Å². The van der Waals surface area contributed by atoms with Crippen LogP contribution in [0.2, 0.25) is 0 Å². The lowest BCUT2D eigenvalue weighted by atomic mass is 10.2. The molecule has 1 aromatic carbocycles. The Morgan fingerprint density at radius 1 is 1.41 bits per heavy atom. The fraction of sp³-hybridized carbons (Fsp3) is 0.538. The zero-order valence-electron chi connectivity index (χ0n) is 10.7. The molecule has 0 aromatic heterocycles. The summed E-state index contributed by atoms with van der Waals surface area (Å²) in [7, 11) is 0.825. The van der Waals surface area contributed by atoms with Crippen LogP contribution in [0, 0.1) is 13.8 Å². The fourth-order valence-corrected chi connectivity index (χ4v) is 3.31. The summed E-state index contributed by atoms with van der Waals surface area (Å²) in [4.78, 5) is 0.897. The Kier molecular flexibility index (Phi) is 5.82. The van der Waals surface area contributed by atoms with Gasteiger partial charge in [-0.1, -0.05) is 17.7 Å². The molecule has 0 aliphatic carbocycles. The van der Waals surface area contributed by atoms with Gasteiger partial charge in [0, 0.05) is 23.3 Å². The van der Waals surface area contributed by atoms with Crippen molar-refractivity contribution in [3.63, 3.8) is 0 Å². The summed E-state index contributed by atoms with van der Waals surface area (Å²) < 4.78 is 12.2. The molecule has 0 bridgehead atoms. The Balaban J connectivity index is 2.75. The molecule has 2 unspecified atom stereocenters. The number of aryl methyl sites for hydroxylation is 2. The van der Waals surface area contributed by atoms with Gasteiger partial charge in [-0.2, -0.15) is 0 Å². The van der Waals surface area contributed by atoms with E-state index in [9.17, 15) is 4.21 Å². The second-order valence-corrected chi connectivity index (χ2v) is 5.74. The van der Waals surface area contributed by atoms with Gasteiger partial charge in [-0.15, -0.1) is 0 Å². The second kappa shape index (κ2) is 6.89. The molecule has 1 aromatic rings. The normalized spacial score (nSPS) is 14.6. The first kappa shape index (κ1) is 14.4. The topological polar surface area (TPSA) is 49.3 Å². The van der Waals surface area contributed by atoms with E-state index in [2.05, 4.69) is 5.32 Å². The van der Waals surface area contributed by atoms with Crippen molar-refractivity contribution in [2.45, 2.75) is 31.2 Å². The largest absolute Gasteiger partial charge is 0.396 e. The van der Waals surface area contributed by atoms with Gasteiger partial charge in [0.2, 0.25) is 0 Å². The summed E-state index contributed by atoms with van der Waals surface area (Å²) in [5.74, 6) is 0.543. The number of aliphatic hydroxyl groups is 1. The van der Waals surface area contributed by atoms with Gasteiger partial charge in [-0.05, 0) is 38.9 Å². The van der Waals surface area contributed by atoms with E-state index < -0.39 is 10.8 Å². The van der Waals surface area contributed by atoms with Gasteiger partial charge in [-0.25, -0.2) is 0 Å². The minimum Gasteiger partial charge on any atom is -0.396 e. The molecule has 0 aliphatic heterocycles. The molecular formula is C13H21NO2S. The highest BCUT2D eigenvalue weighted by molar-refractivity contribution is 7.85. The van der Waals surface area contributed by atoms with E-state index in [4.69, 9.17) is 5.11 Å². The van der Waals surface area contributed by atoms with Crippen molar-refractivity contribution < 1.29 is 9.32 Å². The monoisotopic (exact) mass is 255 g/mol. The lowest BCUT2D eigenvalue weighted by Crippen LogP contribution is -2.32. The first-order valence-corrected chi connectivity index (χ1v) is 7.14. The molecule has 3 nitrogen and oxygen atoms in total. The smallest absolute Gasteiger partial charge is 0.0547 e. The molecule has 0 radical (unpaired) electrons. The van der Waals surface area contributed by atoms with E-state index in [1.165, 1.54) is 5.56 Å². The van der Waals surface area contributed by atoms with Crippen LogP contribution in [0.5, 0.6) is 0 Å². The Morgan fingerprint density at radius 2 is 2.12 bits per heavy atom. The maximum Gasteiger partial charge on any atom is 0.0547 e. The van der Waals surface area contributed by atoms with Crippen molar-refractivity contribution in [2.24, 2.45) is 0 Å². The number of hydrogen-bond donors (Lipinski definition) is 2. The van der Waals surface area contributed by atoms with Gasteiger partial charge in [-0.3, -0.25) is 4.21 Å². The third-order valence-corrected chi connectivity index (χ3v) is 4.47. The van der Waals surface area contributed by atoms with Crippen molar-refractivity contribution in [3.05, 3.63) is 29.3 Å². The standard InChI is InChI=1S/C13H21NO2S/c1-10-4-5-13(11(2)8-10)17(16)9-12(14-3)6-7-15/h4-5,8,12,14-15H,6-7,9H2,1-3H3. The summed E-state index contributed by atoms with van der Waals surface area (Å²) >= 11 is 0. The van der Waals surface area contributed by atoms with E-state index in [0.29, 0.717) is 12.2 Å². The summed E-state index contributed by atoms with van der Waals surface area (Å²) in [5.41, 5.74) is 2.26. The molecule has 0 aliphatic rings. The van der Waals surface area contributed by atoms with Gasteiger partial charge in [0.1, 0.15) is 0 Å². The van der Waals surface area contributed by atoms with Crippen LogP contribution in [0.15, 0.2) is 23.1 Å². The number of nitrogens with one attached hydrogen (secondary N) is 1. The Hall–Kier alpha value is -0.710. The van der Waals surface area contributed by atoms with Gasteiger partial charge in [0.15, 0.2) is 0 Å². The molecule has 0 saturated carbocycles. The lowest BCUT2D eigenvalue weighted by Gasteiger charge is -2.15. The molecule has 0 fully saturated rings. The van der Waals surface area contributed by atoms with E-state index in [1.54, 1.807) is 0 Å². The van der Waals surface area contributed by atoms with Gasteiger partial charge >= 0.3 is 0 Å². The first-order valence-electron chi connectivity index (χ1n) is 5.82. The Morgan fingerprint density at radius 3 is 2.65 bits per heavy atom. The third-order valence-electron chi connectivity index (χ3n) is 2.81. The van der Waals surface area contributed by atoms with Crippen LogP contribution in [0.1, 0.15) is 17.5 Å². The van der Waals surface area contributed by atoms with Crippen molar-refractivity contribution in [1.82, 2.24) is 5.32 Å². The first-order chi connectivity index (χ1) is 8.08. The van der Waals surface area contributed by atoms with Crippen LogP contribution in [0.3, 0.4) is 0 Å². The zero-order valence-corrected chi connectivity index (χ0v) is 11.5. The minimum atomic E-state index is -1.01. The SMILES string of the molecule is CNC(CCO)CS(=O)c1ccc(C)cc1C.